The van der Waals surface area contributed by atoms with E-state index in [1.807, 2.05) is 38.1 Å². The Labute approximate surface area is 129 Å². The Bertz CT molecular complexity index is 643. The summed E-state index contributed by atoms with van der Waals surface area (Å²) in [5.74, 6) is 1.07. The van der Waals surface area contributed by atoms with Gasteiger partial charge in [-0.2, -0.15) is 4.98 Å². The van der Waals surface area contributed by atoms with E-state index in [1.165, 1.54) is 0 Å². The lowest BCUT2D eigenvalue weighted by Gasteiger charge is -2.11. The van der Waals surface area contributed by atoms with Crippen molar-refractivity contribution in [2.24, 2.45) is 0 Å². The topological polar surface area (TPSA) is 68.5 Å². The number of aromatic nitrogens is 2. The summed E-state index contributed by atoms with van der Waals surface area (Å²) in [6.07, 6.45) is 2.19. The van der Waals surface area contributed by atoms with Crippen molar-refractivity contribution in [3.63, 3.8) is 0 Å². The third-order valence-electron chi connectivity index (χ3n) is 3.49. The fourth-order valence-corrected chi connectivity index (χ4v) is 2.44. The highest BCUT2D eigenvalue weighted by Gasteiger charge is 2.24. The second kappa shape index (κ2) is 6.17. The highest BCUT2D eigenvalue weighted by Crippen LogP contribution is 2.21. The zero-order valence-corrected chi connectivity index (χ0v) is 12.8. The van der Waals surface area contributed by atoms with E-state index < -0.39 is 0 Å². The Morgan fingerprint density at radius 2 is 1.91 bits per heavy atom. The third kappa shape index (κ3) is 3.10. The molecule has 1 aromatic heterocycles. The van der Waals surface area contributed by atoms with Crippen LogP contribution in [0.5, 0.6) is 5.75 Å². The van der Waals surface area contributed by atoms with Crippen LogP contribution in [0.15, 0.2) is 28.8 Å². The van der Waals surface area contributed by atoms with Crippen molar-refractivity contribution in [1.29, 1.82) is 0 Å². The van der Waals surface area contributed by atoms with E-state index in [4.69, 9.17) is 9.26 Å². The van der Waals surface area contributed by atoms with Gasteiger partial charge < -0.3 is 14.2 Å². The maximum absolute atomic E-state index is 12.2. The molecule has 3 rings (SSSR count). The summed E-state index contributed by atoms with van der Waals surface area (Å²) in [5, 5.41) is 3.90. The minimum absolute atomic E-state index is 0.0550. The number of ether oxygens (including phenoxy) is 1. The van der Waals surface area contributed by atoms with Crippen LogP contribution in [0.2, 0.25) is 0 Å². The van der Waals surface area contributed by atoms with Crippen molar-refractivity contribution in [2.75, 3.05) is 13.1 Å². The van der Waals surface area contributed by atoms with E-state index in [0.29, 0.717) is 5.82 Å². The number of nitrogens with zero attached hydrogens (tertiary/aromatic N) is 3. The Kier molecular flexibility index (Phi) is 4.09. The Balaban J connectivity index is 1.74. The van der Waals surface area contributed by atoms with Crippen molar-refractivity contribution in [3.05, 3.63) is 30.2 Å². The molecule has 116 valence electrons. The molecule has 2 aromatic rings. The summed E-state index contributed by atoms with van der Waals surface area (Å²) in [6.45, 7) is 5.47. The lowest BCUT2D eigenvalue weighted by atomic mass is 10.2. The maximum Gasteiger partial charge on any atom is 0.316 e. The number of benzene rings is 1. The lowest BCUT2D eigenvalue weighted by Crippen LogP contribution is -2.27. The van der Waals surface area contributed by atoms with Gasteiger partial charge in [0.1, 0.15) is 5.75 Å². The molecular weight excluding hydrogens is 282 g/mol. The van der Waals surface area contributed by atoms with Crippen LogP contribution in [-0.4, -0.2) is 40.1 Å². The number of carbonyl (C=O) groups excluding carboxylic acids is 1. The highest BCUT2D eigenvalue weighted by molar-refractivity contribution is 5.90. The van der Waals surface area contributed by atoms with Crippen LogP contribution in [-0.2, 0) is 0 Å². The number of hydrogen-bond acceptors (Lipinski definition) is 5. The predicted octanol–water partition coefficient (Wildman–Crippen LogP) is 2.76. The fourth-order valence-electron chi connectivity index (χ4n) is 2.44. The SMILES string of the molecule is CC(C)Oc1ccc(-c2noc(C(=O)N3CCCC3)n2)cc1. The van der Waals surface area contributed by atoms with Crippen LogP contribution in [0.3, 0.4) is 0 Å². The molecule has 0 N–H and O–H groups in total. The molecule has 6 heteroatoms. The molecule has 0 unspecified atom stereocenters. The molecule has 1 saturated heterocycles. The summed E-state index contributed by atoms with van der Waals surface area (Å²) < 4.78 is 10.7. The van der Waals surface area contributed by atoms with Gasteiger partial charge in [-0.05, 0) is 51.0 Å². The van der Waals surface area contributed by atoms with E-state index in [-0.39, 0.29) is 17.9 Å². The Morgan fingerprint density at radius 1 is 1.23 bits per heavy atom. The second-order valence-electron chi connectivity index (χ2n) is 5.61. The van der Waals surface area contributed by atoms with Crippen molar-refractivity contribution >= 4 is 5.91 Å². The van der Waals surface area contributed by atoms with E-state index in [1.54, 1.807) is 4.90 Å². The van der Waals surface area contributed by atoms with Crippen LogP contribution < -0.4 is 4.74 Å². The van der Waals surface area contributed by atoms with Gasteiger partial charge in [-0.1, -0.05) is 5.16 Å². The first-order valence-corrected chi connectivity index (χ1v) is 7.53. The van der Waals surface area contributed by atoms with Crippen molar-refractivity contribution in [3.8, 4) is 17.1 Å². The molecule has 0 saturated carbocycles. The average Bonchev–Trinajstić information content (AvgIpc) is 3.19. The van der Waals surface area contributed by atoms with E-state index >= 15 is 0 Å². The minimum Gasteiger partial charge on any atom is -0.491 e. The molecule has 1 aliphatic heterocycles. The monoisotopic (exact) mass is 301 g/mol. The number of rotatable bonds is 4. The first-order chi connectivity index (χ1) is 10.6. The van der Waals surface area contributed by atoms with Crippen molar-refractivity contribution in [1.82, 2.24) is 15.0 Å². The summed E-state index contributed by atoms with van der Waals surface area (Å²) in [7, 11) is 0. The van der Waals surface area contributed by atoms with Crippen molar-refractivity contribution < 1.29 is 14.1 Å². The van der Waals surface area contributed by atoms with Gasteiger partial charge in [-0.15, -0.1) is 0 Å². The van der Waals surface area contributed by atoms with Gasteiger partial charge in [0, 0.05) is 18.7 Å². The minimum atomic E-state index is -0.184. The number of hydrogen-bond donors (Lipinski definition) is 0. The quantitative estimate of drug-likeness (QED) is 0.868. The summed E-state index contributed by atoms with van der Waals surface area (Å²) in [6, 6.07) is 7.42. The van der Waals surface area contributed by atoms with Crippen LogP contribution in [0, 0.1) is 0 Å². The predicted molar refractivity (Wildman–Crippen MR) is 80.6 cm³/mol. The van der Waals surface area contributed by atoms with Crippen LogP contribution >= 0.6 is 0 Å². The molecule has 2 heterocycles. The van der Waals surface area contributed by atoms with Gasteiger partial charge in [0.25, 0.3) is 0 Å². The van der Waals surface area contributed by atoms with E-state index in [2.05, 4.69) is 10.1 Å². The molecule has 1 aliphatic rings. The largest absolute Gasteiger partial charge is 0.491 e. The van der Waals surface area contributed by atoms with Crippen LogP contribution in [0.1, 0.15) is 37.4 Å². The third-order valence-corrected chi connectivity index (χ3v) is 3.49. The second-order valence-corrected chi connectivity index (χ2v) is 5.61. The molecule has 0 spiro atoms. The van der Waals surface area contributed by atoms with Gasteiger partial charge in [0.05, 0.1) is 6.10 Å². The first-order valence-electron chi connectivity index (χ1n) is 7.53. The highest BCUT2D eigenvalue weighted by atomic mass is 16.5. The zero-order valence-electron chi connectivity index (χ0n) is 12.8. The maximum atomic E-state index is 12.2. The van der Waals surface area contributed by atoms with Gasteiger partial charge in [0.15, 0.2) is 0 Å². The smallest absolute Gasteiger partial charge is 0.316 e. The zero-order chi connectivity index (χ0) is 15.5. The van der Waals surface area contributed by atoms with Gasteiger partial charge >= 0.3 is 11.8 Å². The Morgan fingerprint density at radius 3 is 2.55 bits per heavy atom. The normalized spacial score (nSPS) is 14.6. The molecule has 1 aromatic carbocycles. The molecule has 0 atom stereocenters. The van der Waals surface area contributed by atoms with Crippen LogP contribution in [0.25, 0.3) is 11.4 Å². The van der Waals surface area contributed by atoms with Gasteiger partial charge in [0.2, 0.25) is 5.82 Å². The molecular formula is C16H19N3O3. The first kappa shape index (κ1) is 14.6. The average molecular weight is 301 g/mol. The fraction of sp³-hybridized carbons (Fsp3) is 0.438. The standard InChI is InChI=1S/C16H19N3O3/c1-11(2)21-13-7-5-12(6-8-13)14-17-15(22-18-14)16(20)19-9-3-4-10-19/h5-8,11H,3-4,9-10H2,1-2H3. The molecule has 1 fully saturated rings. The van der Waals surface area contributed by atoms with E-state index in [9.17, 15) is 4.79 Å². The summed E-state index contributed by atoms with van der Waals surface area (Å²) in [5.41, 5.74) is 0.792. The van der Waals surface area contributed by atoms with Gasteiger partial charge in [-0.25, -0.2) is 0 Å². The summed E-state index contributed by atoms with van der Waals surface area (Å²) in [4.78, 5) is 18.1. The number of likely N-dealkylation sites (tertiary alicyclic amines) is 1. The molecule has 0 bridgehead atoms. The molecule has 0 radical (unpaired) electrons. The Hall–Kier alpha value is -2.37. The molecule has 1 amide bonds. The molecule has 22 heavy (non-hydrogen) atoms. The summed E-state index contributed by atoms with van der Waals surface area (Å²) >= 11 is 0. The molecule has 6 nitrogen and oxygen atoms in total. The van der Waals surface area contributed by atoms with Crippen LogP contribution in [0.4, 0.5) is 0 Å². The number of carbonyl (C=O) groups is 1. The lowest BCUT2D eigenvalue weighted by molar-refractivity contribution is 0.0743. The van der Waals surface area contributed by atoms with Crippen molar-refractivity contribution in [2.45, 2.75) is 32.8 Å². The van der Waals surface area contributed by atoms with E-state index in [0.717, 1.165) is 37.2 Å². The van der Waals surface area contributed by atoms with Gasteiger partial charge in [-0.3, -0.25) is 4.79 Å². The molecule has 0 aliphatic carbocycles. The number of amides is 1.